The zero-order chi connectivity index (χ0) is 14.5. The number of hydrogen-bond donors (Lipinski definition) is 1. The lowest BCUT2D eigenvalue weighted by Gasteiger charge is -2.35. The lowest BCUT2D eigenvalue weighted by atomic mass is 9.74. The fourth-order valence-electron chi connectivity index (χ4n) is 2.16. The van der Waals surface area contributed by atoms with Gasteiger partial charge in [0.25, 0.3) is 0 Å². The number of hydrogen-bond acceptors (Lipinski definition) is 2. The van der Waals surface area contributed by atoms with Crippen LogP contribution in [0.1, 0.15) is 40.2 Å². The molecule has 0 heterocycles. The molecule has 0 bridgehead atoms. The van der Waals surface area contributed by atoms with Crippen molar-refractivity contribution in [2.45, 2.75) is 47.1 Å². The van der Waals surface area contributed by atoms with Crippen LogP contribution < -0.4 is 10.1 Å². The second kappa shape index (κ2) is 6.95. The molecule has 19 heavy (non-hydrogen) atoms. The lowest BCUT2D eigenvalue weighted by Crippen LogP contribution is -2.40. The second-order valence-electron chi connectivity index (χ2n) is 6.37. The van der Waals surface area contributed by atoms with Crippen molar-refractivity contribution in [3.8, 4) is 5.75 Å². The normalized spacial score (nSPS) is 14.7. The Kier molecular flexibility index (Phi) is 5.86. The molecule has 2 heteroatoms. The largest absolute Gasteiger partial charge is 0.497 e. The van der Waals surface area contributed by atoms with Gasteiger partial charge in [0.2, 0.25) is 0 Å². The van der Waals surface area contributed by atoms with Gasteiger partial charge in [0.05, 0.1) is 7.11 Å². The third kappa shape index (κ3) is 4.87. The van der Waals surface area contributed by atoms with Crippen LogP contribution >= 0.6 is 0 Å². The van der Waals surface area contributed by atoms with Crippen LogP contribution in [0.2, 0.25) is 0 Å². The van der Waals surface area contributed by atoms with E-state index < -0.39 is 0 Å². The van der Waals surface area contributed by atoms with Gasteiger partial charge in [0.15, 0.2) is 0 Å². The first-order valence-electron chi connectivity index (χ1n) is 7.23. The van der Waals surface area contributed by atoms with Gasteiger partial charge in [0.1, 0.15) is 5.75 Å². The maximum atomic E-state index is 5.31. The van der Waals surface area contributed by atoms with Gasteiger partial charge < -0.3 is 10.1 Å². The molecule has 108 valence electrons. The van der Waals surface area contributed by atoms with Crippen molar-refractivity contribution >= 4 is 0 Å². The zero-order valence-corrected chi connectivity index (χ0v) is 13.3. The summed E-state index contributed by atoms with van der Waals surface area (Å²) in [7, 11) is 1.72. The van der Waals surface area contributed by atoms with Crippen LogP contribution in [0, 0.1) is 11.3 Å². The third-order valence-corrected chi connectivity index (χ3v) is 4.05. The van der Waals surface area contributed by atoms with Gasteiger partial charge in [-0.1, -0.05) is 46.8 Å². The van der Waals surface area contributed by atoms with E-state index >= 15 is 0 Å². The molecule has 0 spiro atoms. The van der Waals surface area contributed by atoms with Crippen molar-refractivity contribution in [2.75, 3.05) is 13.7 Å². The molecule has 1 N–H and O–H groups in total. The molecule has 0 radical (unpaired) electrons. The van der Waals surface area contributed by atoms with Gasteiger partial charge in [-0.25, -0.2) is 0 Å². The number of methoxy groups -OCH3 is 1. The summed E-state index contributed by atoms with van der Waals surface area (Å²) in [5.41, 5.74) is 1.61. The highest BCUT2D eigenvalue weighted by Crippen LogP contribution is 2.31. The highest BCUT2D eigenvalue weighted by atomic mass is 16.5. The average Bonchev–Trinajstić information content (AvgIpc) is 2.36. The number of benzene rings is 1. The van der Waals surface area contributed by atoms with E-state index in [1.54, 1.807) is 7.11 Å². The maximum Gasteiger partial charge on any atom is 0.119 e. The Morgan fingerprint density at radius 3 is 2.42 bits per heavy atom. The molecule has 0 aromatic heterocycles. The minimum absolute atomic E-state index is 0.261. The van der Waals surface area contributed by atoms with E-state index in [-0.39, 0.29) is 5.41 Å². The van der Waals surface area contributed by atoms with Crippen LogP contribution in [-0.2, 0) is 6.42 Å². The fraction of sp³-hybridized carbons (Fsp3) is 0.647. The molecule has 0 amide bonds. The van der Waals surface area contributed by atoms with Gasteiger partial charge >= 0.3 is 0 Å². The molecule has 0 fully saturated rings. The van der Waals surface area contributed by atoms with Crippen LogP contribution in [0.3, 0.4) is 0 Å². The van der Waals surface area contributed by atoms with Crippen LogP contribution in [0.15, 0.2) is 24.3 Å². The molecule has 1 aromatic carbocycles. The molecule has 1 rings (SSSR count). The van der Waals surface area contributed by atoms with E-state index in [9.17, 15) is 0 Å². The summed E-state index contributed by atoms with van der Waals surface area (Å²) in [6.45, 7) is 12.4. The highest BCUT2D eigenvalue weighted by molar-refractivity contribution is 5.29. The zero-order valence-electron chi connectivity index (χ0n) is 13.3. The van der Waals surface area contributed by atoms with Crippen LogP contribution in [-0.4, -0.2) is 19.7 Å². The summed E-state index contributed by atoms with van der Waals surface area (Å²) in [4.78, 5) is 0. The minimum Gasteiger partial charge on any atom is -0.497 e. The van der Waals surface area contributed by atoms with E-state index in [2.05, 4.69) is 58.1 Å². The smallest absolute Gasteiger partial charge is 0.119 e. The number of ether oxygens (including phenoxy) is 1. The highest BCUT2D eigenvalue weighted by Gasteiger charge is 2.28. The van der Waals surface area contributed by atoms with Crippen molar-refractivity contribution in [2.24, 2.45) is 11.3 Å². The number of rotatable bonds is 7. The van der Waals surface area contributed by atoms with Crippen molar-refractivity contribution in [1.29, 1.82) is 0 Å². The Morgan fingerprint density at radius 2 is 1.89 bits per heavy atom. The molecule has 0 aliphatic heterocycles. The topological polar surface area (TPSA) is 21.3 Å². The molecular formula is C17H29NO. The van der Waals surface area contributed by atoms with Crippen molar-refractivity contribution in [3.05, 3.63) is 29.8 Å². The monoisotopic (exact) mass is 263 g/mol. The summed E-state index contributed by atoms with van der Waals surface area (Å²) < 4.78 is 5.31. The van der Waals surface area contributed by atoms with E-state index in [4.69, 9.17) is 4.74 Å². The summed E-state index contributed by atoms with van der Waals surface area (Å²) in [5, 5.41) is 3.59. The van der Waals surface area contributed by atoms with Crippen LogP contribution in [0.5, 0.6) is 5.75 Å². The summed E-state index contributed by atoms with van der Waals surface area (Å²) in [6.07, 6.45) is 1.07. The Bertz CT molecular complexity index is 387. The van der Waals surface area contributed by atoms with Gasteiger partial charge in [-0.15, -0.1) is 0 Å². The summed E-state index contributed by atoms with van der Waals surface area (Å²) >= 11 is 0. The van der Waals surface area contributed by atoms with E-state index in [1.807, 2.05) is 6.07 Å². The lowest BCUT2D eigenvalue weighted by molar-refractivity contribution is 0.202. The molecule has 2 nitrogen and oxygen atoms in total. The second-order valence-corrected chi connectivity index (χ2v) is 6.37. The van der Waals surface area contributed by atoms with Crippen molar-refractivity contribution in [3.63, 3.8) is 0 Å². The molecule has 0 saturated heterocycles. The van der Waals surface area contributed by atoms with Crippen molar-refractivity contribution in [1.82, 2.24) is 5.32 Å². The first-order chi connectivity index (χ1) is 8.87. The molecule has 1 unspecified atom stereocenters. The molecule has 1 atom stereocenters. The van der Waals surface area contributed by atoms with E-state index in [0.29, 0.717) is 12.0 Å². The summed E-state index contributed by atoms with van der Waals surface area (Å²) in [5.74, 6) is 1.57. The van der Waals surface area contributed by atoms with Gasteiger partial charge in [-0.2, -0.15) is 0 Å². The Morgan fingerprint density at radius 1 is 1.21 bits per heavy atom. The predicted octanol–water partition coefficient (Wildman–Crippen LogP) is 3.90. The standard InChI is InChI=1S/C17H29NO/c1-13(2)17(5,12-18-14(3)4)11-15-8-7-9-16(10-15)19-6/h7-10,13-14,18H,11-12H2,1-6H3. The van der Waals surface area contributed by atoms with Crippen molar-refractivity contribution < 1.29 is 4.74 Å². The SMILES string of the molecule is COc1cccc(CC(C)(CNC(C)C)C(C)C)c1. The average molecular weight is 263 g/mol. The van der Waals surface area contributed by atoms with Gasteiger partial charge in [0, 0.05) is 12.6 Å². The predicted molar refractivity (Wildman–Crippen MR) is 82.8 cm³/mol. The molecule has 0 saturated carbocycles. The van der Waals surface area contributed by atoms with Crippen LogP contribution in [0.4, 0.5) is 0 Å². The Balaban J connectivity index is 2.82. The van der Waals surface area contributed by atoms with Gasteiger partial charge in [-0.3, -0.25) is 0 Å². The first-order valence-corrected chi connectivity index (χ1v) is 7.23. The number of nitrogens with one attached hydrogen (secondary N) is 1. The third-order valence-electron chi connectivity index (χ3n) is 4.05. The van der Waals surface area contributed by atoms with E-state index in [1.165, 1.54) is 5.56 Å². The molecule has 0 aliphatic carbocycles. The maximum absolute atomic E-state index is 5.31. The van der Waals surface area contributed by atoms with Crippen LogP contribution in [0.25, 0.3) is 0 Å². The Labute approximate surface area is 118 Å². The molecular weight excluding hydrogens is 234 g/mol. The quantitative estimate of drug-likeness (QED) is 0.805. The Hall–Kier alpha value is -1.02. The summed E-state index contributed by atoms with van der Waals surface area (Å²) in [6, 6.07) is 8.95. The molecule has 1 aromatic rings. The van der Waals surface area contributed by atoms with Gasteiger partial charge in [-0.05, 0) is 35.4 Å². The first kappa shape index (κ1) is 16.0. The minimum atomic E-state index is 0.261. The van der Waals surface area contributed by atoms with E-state index in [0.717, 1.165) is 18.7 Å². The fourth-order valence-corrected chi connectivity index (χ4v) is 2.16. The molecule has 0 aliphatic rings.